The number of carboxylic acid groups (broad SMARTS) is 2. The highest BCUT2D eigenvalue weighted by Gasteiger charge is 2.17. The molecule has 0 aliphatic rings. The van der Waals surface area contributed by atoms with Crippen LogP contribution in [0.5, 0.6) is 0 Å². The number of aliphatic carboxylic acids is 2. The van der Waals surface area contributed by atoms with Crippen molar-refractivity contribution in [3.8, 4) is 0 Å². The van der Waals surface area contributed by atoms with Crippen LogP contribution in [0.1, 0.15) is 18.4 Å². The van der Waals surface area contributed by atoms with E-state index in [1.807, 2.05) is 30.3 Å². The molecule has 16 heavy (non-hydrogen) atoms. The number of rotatable bonds is 6. The molecule has 1 aromatic carbocycles. The van der Waals surface area contributed by atoms with Crippen molar-refractivity contribution in [3.63, 3.8) is 0 Å². The molecule has 0 spiro atoms. The molecule has 0 unspecified atom stereocenters. The molecule has 0 saturated carbocycles. The molecule has 0 amide bonds. The predicted octanol–water partition coefficient (Wildman–Crippen LogP) is 1.79. The molecule has 0 fully saturated rings. The van der Waals surface area contributed by atoms with Crippen molar-refractivity contribution in [3.05, 3.63) is 35.9 Å². The van der Waals surface area contributed by atoms with Crippen LogP contribution in [0.4, 0.5) is 0 Å². The largest absolute Gasteiger partial charge is 0.481 e. The number of carboxylic acids is 2. The molecule has 4 nitrogen and oxygen atoms in total. The third-order valence-electron chi connectivity index (χ3n) is 2.29. The molecular weight excluding hydrogens is 208 g/mol. The van der Waals surface area contributed by atoms with Gasteiger partial charge in [0.05, 0.1) is 0 Å². The summed E-state index contributed by atoms with van der Waals surface area (Å²) in [5.41, 5.74) is 0.968. The first-order valence-corrected chi connectivity index (χ1v) is 5.05. The van der Waals surface area contributed by atoms with Gasteiger partial charge in [-0.15, -0.1) is 0 Å². The third kappa shape index (κ3) is 4.59. The number of carbonyl (C=O) groups is 2. The van der Waals surface area contributed by atoms with Gasteiger partial charge in [0.25, 0.3) is 0 Å². The van der Waals surface area contributed by atoms with E-state index in [9.17, 15) is 9.59 Å². The van der Waals surface area contributed by atoms with E-state index in [4.69, 9.17) is 10.2 Å². The van der Waals surface area contributed by atoms with E-state index in [1.165, 1.54) is 0 Å². The van der Waals surface area contributed by atoms with Crippen LogP contribution in [-0.2, 0) is 16.0 Å². The Morgan fingerprint density at radius 1 is 1.00 bits per heavy atom. The van der Waals surface area contributed by atoms with Crippen molar-refractivity contribution in [1.29, 1.82) is 0 Å². The Balaban J connectivity index is 2.63. The standard InChI is InChI=1S/C12H14O4/c13-11(14)7-10(8-12(15)16)6-9-4-2-1-3-5-9/h1-5,10H,6-8H2,(H,13,14)(H,15,16). The fourth-order valence-electron chi connectivity index (χ4n) is 1.66. The highest BCUT2D eigenvalue weighted by molar-refractivity contribution is 5.70. The van der Waals surface area contributed by atoms with Crippen molar-refractivity contribution in [2.75, 3.05) is 0 Å². The Hall–Kier alpha value is -1.84. The van der Waals surface area contributed by atoms with Crippen LogP contribution in [0.3, 0.4) is 0 Å². The van der Waals surface area contributed by atoms with Gasteiger partial charge < -0.3 is 10.2 Å². The minimum Gasteiger partial charge on any atom is -0.481 e. The summed E-state index contributed by atoms with van der Waals surface area (Å²) < 4.78 is 0. The average molecular weight is 222 g/mol. The average Bonchev–Trinajstić information content (AvgIpc) is 2.16. The van der Waals surface area contributed by atoms with Gasteiger partial charge in [0.1, 0.15) is 0 Å². The Kier molecular flexibility index (Phi) is 4.51. The molecule has 4 heteroatoms. The van der Waals surface area contributed by atoms with Gasteiger partial charge >= 0.3 is 11.9 Å². The smallest absolute Gasteiger partial charge is 0.303 e. The van der Waals surface area contributed by atoms with Crippen molar-refractivity contribution >= 4 is 11.9 Å². The molecule has 0 aliphatic carbocycles. The monoisotopic (exact) mass is 222 g/mol. The predicted molar refractivity (Wildman–Crippen MR) is 58.1 cm³/mol. The molecule has 0 aliphatic heterocycles. The Bertz CT molecular complexity index is 343. The second-order valence-electron chi connectivity index (χ2n) is 3.75. The van der Waals surface area contributed by atoms with Crippen LogP contribution in [0.15, 0.2) is 30.3 Å². The topological polar surface area (TPSA) is 74.6 Å². The summed E-state index contributed by atoms with van der Waals surface area (Å²) in [6, 6.07) is 9.32. The second kappa shape index (κ2) is 5.90. The molecule has 86 valence electrons. The van der Waals surface area contributed by atoms with Crippen LogP contribution in [-0.4, -0.2) is 22.2 Å². The zero-order chi connectivity index (χ0) is 12.0. The first kappa shape index (κ1) is 12.2. The molecular formula is C12H14O4. The molecule has 0 saturated heterocycles. The quantitative estimate of drug-likeness (QED) is 0.769. The molecule has 0 heterocycles. The summed E-state index contributed by atoms with van der Waals surface area (Å²) in [5, 5.41) is 17.4. The highest BCUT2D eigenvalue weighted by atomic mass is 16.4. The fourth-order valence-corrected chi connectivity index (χ4v) is 1.66. The zero-order valence-electron chi connectivity index (χ0n) is 8.80. The maximum Gasteiger partial charge on any atom is 0.303 e. The van der Waals surface area contributed by atoms with Gasteiger partial charge in [-0.05, 0) is 17.9 Å². The number of benzene rings is 1. The maximum atomic E-state index is 10.6. The lowest BCUT2D eigenvalue weighted by atomic mass is 9.93. The van der Waals surface area contributed by atoms with E-state index in [0.29, 0.717) is 6.42 Å². The van der Waals surface area contributed by atoms with Crippen LogP contribution < -0.4 is 0 Å². The molecule has 2 N–H and O–H groups in total. The van der Waals surface area contributed by atoms with Gasteiger partial charge in [-0.25, -0.2) is 0 Å². The Labute approximate surface area is 93.5 Å². The van der Waals surface area contributed by atoms with E-state index < -0.39 is 11.9 Å². The molecule has 0 radical (unpaired) electrons. The van der Waals surface area contributed by atoms with Gasteiger partial charge in [-0.1, -0.05) is 30.3 Å². The Morgan fingerprint density at radius 2 is 1.50 bits per heavy atom. The van der Waals surface area contributed by atoms with Crippen molar-refractivity contribution in [2.24, 2.45) is 5.92 Å². The number of hydrogen-bond donors (Lipinski definition) is 2. The molecule has 0 aromatic heterocycles. The van der Waals surface area contributed by atoms with E-state index in [2.05, 4.69) is 0 Å². The summed E-state index contributed by atoms with van der Waals surface area (Å²) >= 11 is 0. The van der Waals surface area contributed by atoms with Gasteiger partial charge in [-0.2, -0.15) is 0 Å². The molecule has 1 aromatic rings. The van der Waals surface area contributed by atoms with Crippen LogP contribution in [0.25, 0.3) is 0 Å². The lowest BCUT2D eigenvalue weighted by Gasteiger charge is -2.12. The van der Waals surface area contributed by atoms with Gasteiger partial charge in [0.15, 0.2) is 0 Å². The fraction of sp³-hybridized carbons (Fsp3) is 0.333. The normalized spacial score (nSPS) is 10.3. The van der Waals surface area contributed by atoms with Crippen molar-refractivity contribution in [1.82, 2.24) is 0 Å². The van der Waals surface area contributed by atoms with Crippen LogP contribution in [0, 0.1) is 5.92 Å². The Morgan fingerprint density at radius 3 is 1.94 bits per heavy atom. The second-order valence-corrected chi connectivity index (χ2v) is 3.75. The molecule has 1 rings (SSSR count). The molecule has 0 atom stereocenters. The van der Waals surface area contributed by atoms with E-state index in [-0.39, 0.29) is 18.8 Å². The number of hydrogen-bond acceptors (Lipinski definition) is 2. The first-order chi connectivity index (χ1) is 7.58. The SMILES string of the molecule is O=C(O)CC(CC(=O)O)Cc1ccccc1. The minimum absolute atomic E-state index is 0.110. The first-order valence-electron chi connectivity index (χ1n) is 5.05. The summed E-state index contributed by atoms with van der Waals surface area (Å²) in [7, 11) is 0. The molecule has 0 bridgehead atoms. The van der Waals surface area contributed by atoms with Gasteiger partial charge in [0, 0.05) is 12.8 Å². The van der Waals surface area contributed by atoms with E-state index >= 15 is 0 Å². The van der Waals surface area contributed by atoms with Crippen LogP contribution >= 0.6 is 0 Å². The van der Waals surface area contributed by atoms with Gasteiger partial charge in [0.2, 0.25) is 0 Å². The summed E-state index contributed by atoms with van der Waals surface area (Å²) in [6.45, 7) is 0. The van der Waals surface area contributed by atoms with E-state index in [1.54, 1.807) is 0 Å². The van der Waals surface area contributed by atoms with E-state index in [0.717, 1.165) is 5.56 Å². The lowest BCUT2D eigenvalue weighted by molar-refractivity contribution is -0.140. The minimum atomic E-state index is -0.956. The van der Waals surface area contributed by atoms with Gasteiger partial charge in [-0.3, -0.25) is 9.59 Å². The van der Waals surface area contributed by atoms with Crippen molar-refractivity contribution in [2.45, 2.75) is 19.3 Å². The highest BCUT2D eigenvalue weighted by Crippen LogP contribution is 2.16. The third-order valence-corrected chi connectivity index (χ3v) is 2.29. The zero-order valence-corrected chi connectivity index (χ0v) is 8.80. The van der Waals surface area contributed by atoms with Crippen molar-refractivity contribution < 1.29 is 19.8 Å². The lowest BCUT2D eigenvalue weighted by Crippen LogP contribution is -2.15. The summed E-state index contributed by atoms with van der Waals surface area (Å²) in [5.74, 6) is -2.26. The summed E-state index contributed by atoms with van der Waals surface area (Å²) in [4.78, 5) is 21.2. The maximum absolute atomic E-state index is 10.6. The van der Waals surface area contributed by atoms with Crippen LogP contribution in [0.2, 0.25) is 0 Å². The summed E-state index contributed by atoms with van der Waals surface area (Å²) in [6.07, 6.45) is 0.266.